The Morgan fingerprint density at radius 2 is 1.90 bits per heavy atom. The van der Waals surface area contributed by atoms with Crippen LogP contribution < -0.4 is 15.8 Å². The van der Waals surface area contributed by atoms with E-state index in [1.165, 1.54) is 32.1 Å². The summed E-state index contributed by atoms with van der Waals surface area (Å²) < 4.78 is 5.13. The minimum Gasteiger partial charge on any atom is -0.495 e. The van der Waals surface area contributed by atoms with Crippen LogP contribution in [0.3, 0.4) is 0 Å². The third-order valence-corrected chi connectivity index (χ3v) is 4.24. The molecule has 1 aliphatic rings. The number of hydrogen-bond acceptors (Lipinski definition) is 3. The molecular formula is C17H26N2O2. The summed E-state index contributed by atoms with van der Waals surface area (Å²) in [6.07, 6.45) is 8.24. The first-order valence-corrected chi connectivity index (χ1v) is 7.91. The Bertz CT molecular complexity index is 466. The summed E-state index contributed by atoms with van der Waals surface area (Å²) in [6.45, 7) is 0.531. The molecule has 116 valence electrons. The fraction of sp³-hybridized carbons (Fsp3) is 0.588. The van der Waals surface area contributed by atoms with E-state index in [1.807, 2.05) is 18.2 Å². The van der Waals surface area contributed by atoms with Crippen molar-refractivity contribution in [2.75, 3.05) is 12.8 Å². The minimum absolute atomic E-state index is 0.181. The molecule has 0 aromatic heterocycles. The highest BCUT2D eigenvalue weighted by molar-refractivity contribution is 5.78. The molecule has 0 aliphatic heterocycles. The second-order valence-electron chi connectivity index (χ2n) is 5.84. The van der Waals surface area contributed by atoms with Crippen LogP contribution in [0.25, 0.3) is 0 Å². The number of benzene rings is 1. The van der Waals surface area contributed by atoms with Gasteiger partial charge in [0, 0.05) is 12.5 Å². The van der Waals surface area contributed by atoms with Gasteiger partial charge in [0.2, 0.25) is 5.91 Å². The van der Waals surface area contributed by atoms with E-state index in [1.54, 1.807) is 7.11 Å². The Morgan fingerprint density at radius 1 is 1.24 bits per heavy atom. The topological polar surface area (TPSA) is 64.3 Å². The molecule has 1 fully saturated rings. The lowest BCUT2D eigenvalue weighted by Crippen LogP contribution is -2.30. The summed E-state index contributed by atoms with van der Waals surface area (Å²) >= 11 is 0. The van der Waals surface area contributed by atoms with E-state index < -0.39 is 0 Å². The number of nitrogen functional groups attached to an aromatic ring is 1. The lowest BCUT2D eigenvalue weighted by molar-refractivity contribution is -0.125. The Balaban J connectivity index is 1.86. The number of carbonyl (C=O) groups is 1. The molecule has 4 heteroatoms. The zero-order chi connectivity index (χ0) is 15.1. The maximum atomic E-state index is 12.3. The third kappa shape index (κ3) is 4.66. The summed E-state index contributed by atoms with van der Waals surface area (Å²) in [5.41, 5.74) is 7.49. The number of nitrogens with two attached hydrogens (primary N) is 1. The zero-order valence-corrected chi connectivity index (χ0v) is 12.9. The van der Waals surface area contributed by atoms with Crippen molar-refractivity contribution in [3.05, 3.63) is 23.8 Å². The lowest BCUT2D eigenvalue weighted by atomic mass is 9.90. The first-order chi connectivity index (χ1) is 10.2. The third-order valence-electron chi connectivity index (χ3n) is 4.24. The van der Waals surface area contributed by atoms with Gasteiger partial charge in [-0.05, 0) is 30.5 Å². The fourth-order valence-corrected chi connectivity index (χ4v) is 2.95. The lowest BCUT2D eigenvalue weighted by Gasteiger charge is -2.19. The first kappa shape index (κ1) is 15.7. The Hall–Kier alpha value is -1.71. The molecule has 1 saturated carbocycles. The molecule has 1 aromatic carbocycles. The zero-order valence-electron chi connectivity index (χ0n) is 12.9. The second kappa shape index (κ2) is 7.91. The van der Waals surface area contributed by atoms with E-state index in [9.17, 15) is 4.79 Å². The van der Waals surface area contributed by atoms with Gasteiger partial charge in [0.15, 0.2) is 0 Å². The Labute approximate surface area is 127 Å². The smallest absolute Gasteiger partial charge is 0.223 e. The molecular weight excluding hydrogens is 264 g/mol. The summed E-state index contributed by atoms with van der Waals surface area (Å²) in [6, 6.07) is 5.64. The Morgan fingerprint density at radius 3 is 2.52 bits per heavy atom. The monoisotopic (exact) mass is 290 g/mol. The molecule has 0 saturated heterocycles. The highest BCUT2D eigenvalue weighted by Crippen LogP contribution is 2.23. The molecule has 1 aromatic rings. The highest BCUT2D eigenvalue weighted by Gasteiger charge is 2.18. The molecule has 1 amide bonds. The largest absolute Gasteiger partial charge is 0.495 e. The van der Waals surface area contributed by atoms with E-state index in [0.717, 1.165) is 18.4 Å². The van der Waals surface area contributed by atoms with Crippen LogP contribution in [0.1, 0.15) is 50.5 Å². The number of nitrogens with one attached hydrogen (secondary N) is 1. The quantitative estimate of drug-likeness (QED) is 0.837. The van der Waals surface area contributed by atoms with Gasteiger partial charge in [-0.15, -0.1) is 0 Å². The predicted molar refractivity (Wildman–Crippen MR) is 85.1 cm³/mol. The molecule has 0 spiro atoms. The van der Waals surface area contributed by atoms with E-state index in [-0.39, 0.29) is 11.8 Å². The van der Waals surface area contributed by atoms with Crippen LogP contribution in [0.2, 0.25) is 0 Å². The average Bonchev–Trinajstić information content (AvgIpc) is 2.44. The van der Waals surface area contributed by atoms with Gasteiger partial charge >= 0.3 is 0 Å². The van der Waals surface area contributed by atoms with Gasteiger partial charge in [0.25, 0.3) is 0 Å². The van der Waals surface area contributed by atoms with Crippen LogP contribution in [0.4, 0.5) is 5.69 Å². The maximum absolute atomic E-state index is 12.3. The number of hydrogen-bond donors (Lipinski definition) is 2. The molecule has 4 nitrogen and oxygen atoms in total. The van der Waals surface area contributed by atoms with Crippen molar-refractivity contribution in [3.63, 3.8) is 0 Å². The van der Waals surface area contributed by atoms with Crippen molar-refractivity contribution in [2.45, 2.75) is 51.5 Å². The van der Waals surface area contributed by atoms with Crippen LogP contribution in [-0.2, 0) is 11.3 Å². The summed E-state index contributed by atoms with van der Waals surface area (Å²) in [5.74, 6) is 1.04. The predicted octanol–water partition coefficient (Wildman–Crippen LogP) is 3.25. The summed E-state index contributed by atoms with van der Waals surface area (Å²) in [4.78, 5) is 12.3. The summed E-state index contributed by atoms with van der Waals surface area (Å²) in [7, 11) is 1.60. The van der Waals surface area contributed by atoms with Gasteiger partial charge in [0.1, 0.15) is 5.75 Å². The molecule has 2 rings (SSSR count). The van der Waals surface area contributed by atoms with Gasteiger partial charge in [0.05, 0.1) is 12.8 Å². The van der Waals surface area contributed by atoms with Crippen LogP contribution in [0.15, 0.2) is 18.2 Å². The van der Waals surface area contributed by atoms with Crippen molar-refractivity contribution in [1.82, 2.24) is 5.32 Å². The number of anilines is 1. The number of ether oxygens (including phenoxy) is 1. The van der Waals surface area contributed by atoms with Crippen molar-refractivity contribution < 1.29 is 9.53 Å². The summed E-state index contributed by atoms with van der Waals surface area (Å²) in [5, 5.41) is 3.05. The van der Waals surface area contributed by atoms with Gasteiger partial charge in [-0.3, -0.25) is 4.79 Å². The molecule has 1 aliphatic carbocycles. The van der Waals surface area contributed by atoms with Crippen LogP contribution in [0.5, 0.6) is 5.75 Å². The van der Waals surface area contributed by atoms with Crippen molar-refractivity contribution in [1.29, 1.82) is 0 Å². The van der Waals surface area contributed by atoms with E-state index in [0.29, 0.717) is 18.0 Å². The van der Waals surface area contributed by atoms with Gasteiger partial charge in [-0.2, -0.15) is 0 Å². The average molecular weight is 290 g/mol. The fourth-order valence-electron chi connectivity index (χ4n) is 2.95. The van der Waals surface area contributed by atoms with Gasteiger partial charge < -0.3 is 15.8 Å². The van der Waals surface area contributed by atoms with Crippen LogP contribution in [0, 0.1) is 5.92 Å². The molecule has 3 N–H and O–H groups in total. The van der Waals surface area contributed by atoms with Gasteiger partial charge in [-0.1, -0.05) is 38.2 Å². The first-order valence-electron chi connectivity index (χ1n) is 7.91. The number of amides is 1. The Kier molecular flexibility index (Phi) is 5.90. The van der Waals surface area contributed by atoms with E-state index in [2.05, 4.69) is 5.32 Å². The SMILES string of the molecule is COc1ccc(CNC(=O)C2CCCCCCC2)cc1N. The van der Waals surface area contributed by atoms with Crippen molar-refractivity contribution >= 4 is 11.6 Å². The van der Waals surface area contributed by atoms with E-state index >= 15 is 0 Å². The van der Waals surface area contributed by atoms with Crippen LogP contribution >= 0.6 is 0 Å². The molecule has 0 heterocycles. The van der Waals surface area contributed by atoms with Crippen LogP contribution in [-0.4, -0.2) is 13.0 Å². The molecule has 0 bridgehead atoms. The molecule has 0 unspecified atom stereocenters. The number of carbonyl (C=O) groups excluding carboxylic acids is 1. The van der Waals surface area contributed by atoms with Gasteiger partial charge in [-0.25, -0.2) is 0 Å². The highest BCUT2D eigenvalue weighted by atomic mass is 16.5. The minimum atomic E-state index is 0.181. The standard InChI is InChI=1S/C17H26N2O2/c1-21-16-10-9-13(11-15(16)18)12-19-17(20)14-7-5-3-2-4-6-8-14/h9-11,14H,2-8,12,18H2,1H3,(H,19,20). The number of rotatable bonds is 4. The number of methoxy groups -OCH3 is 1. The molecule has 0 radical (unpaired) electrons. The van der Waals surface area contributed by atoms with Crippen molar-refractivity contribution in [2.24, 2.45) is 5.92 Å². The molecule has 0 atom stereocenters. The maximum Gasteiger partial charge on any atom is 0.223 e. The normalized spacial score (nSPS) is 16.8. The van der Waals surface area contributed by atoms with Crippen molar-refractivity contribution in [3.8, 4) is 5.75 Å². The van der Waals surface area contributed by atoms with E-state index in [4.69, 9.17) is 10.5 Å². The second-order valence-corrected chi connectivity index (χ2v) is 5.84. The molecule has 21 heavy (non-hydrogen) atoms.